The number of hydrogen-bond acceptors (Lipinski definition) is 2. The summed E-state index contributed by atoms with van der Waals surface area (Å²) in [6.07, 6.45) is 0. The molecule has 0 fully saturated rings. The summed E-state index contributed by atoms with van der Waals surface area (Å²) in [6.45, 7) is 5.91. The van der Waals surface area contributed by atoms with E-state index in [9.17, 15) is 4.79 Å². The lowest BCUT2D eigenvalue weighted by atomic mass is 10.1. The van der Waals surface area contributed by atoms with Gasteiger partial charge in [0.15, 0.2) is 0 Å². The van der Waals surface area contributed by atoms with Crippen LogP contribution in [0.5, 0.6) is 0 Å². The minimum absolute atomic E-state index is 0.0214. The highest BCUT2D eigenvalue weighted by Gasteiger charge is 2.13. The third kappa shape index (κ3) is 2.98. The molecule has 88 valence electrons. The second-order valence-electron chi connectivity index (χ2n) is 3.92. The van der Waals surface area contributed by atoms with Crippen LogP contribution in [0.4, 0.5) is 5.69 Å². The van der Waals surface area contributed by atoms with Gasteiger partial charge in [-0.05, 0) is 53.9 Å². The van der Waals surface area contributed by atoms with Crippen LogP contribution in [0.25, 0.3) is 0 Å². The lowest BCUT2D eigenvalue weighted by Gasteiger charge is -2.17. The molecule has 0 aliphatic carbocycles. The fourth-order valence-electron chi connectivity index (χ4n) is 1.60. The molecular weight excluding hydrogens is 268 g/mol. The summed E-state index contributed by atoms with van der Waals surface area (Å²) in [5.41, 5.74) is 3.30. The second kappa shape index (κ2) is 5.34. The van der Waals surface area contributed by atoms with E-state index in [4.69, 9.17) is 0 Å². The van der Waals surface area contributed by atoms with Crippen LogP contribution in [0.1, 0.15) is 18.1 Å². The molecule has 0 saturated heterocycles. The number of anilines is 1. The van der Waals surface area contributed by atoms with Crippen molar-refractivity contribution in [1.82, 2.24) is 5.32 Å². The molecule has 0 saturated carbocycles. The number of halogens is 1. The standard InChI is InChI=1S/C12H17BrN2O/c1-7-5-8(2)11(10(13)6-7)15-9(3)12(16)14-4/h5-6,9,15H,1-4H3,(H,14,16). The monoisotopic (exact) mass is 284 g/mol. The number of amides is 1. The Bertz CT molecular complexity index is 381. The van der Waals surface area contributed by atoms with Gasteiger partial charge in [0, 0.05) is 11.5 Å². The molecule has 1 amide bonds. The van der Waals surface area contributed by atoms with Crippen LogP contribution in [0.15, 0.2) is 16.6 Å². The minimum Gasteiger partial charge on any atom is -0.373 e. The van der Waals surface area contributed by atoms with E-state index in [2.05, 4.69) is 32.6 Å². The number of hydrogen-bond donors (Lipinski definition) is 2. The van der Waals surface area contributed by atoms with Gasteiger partial charge in [0.1, 0.15) is 6.04 Å². The van der Waals surface area contributed by atoms with Crippen LogP contribution in [-0.4, -0.2) is 19.0 Å². The van der Waals surface area contributed by atoms with Gasteiger partial charge in [-0.15, -0.1) is 0 Å². The van der Waals surface area contributed by atoms with Crippen molar-refractivity contribution in [2.75, 3.05) is 12.4 Å². The molecule has 0 heterocycles. The summed E-state index contributed by atoms with van der Waals surface area (Å²) in [7, 11) is 1.64. The Morgan fingerprint density at radius 3 is 2.50 bits per heavy atom. The van der Waals surface area contributed by atoms with Crippen molar-refractivity contribution in [1.29, 1.82) is 0 Å². The first-order valence-corrected chi connectivity index (χ1v) is 6.00. The Morgan fingerprint density at radius 2 is 2.00 bits per heavy atom. The normalized spacial score (nSPS) is 12.1. The summed E-state index contributed by atoms with van der Waals surface area (Å²) < 4.78 is 0.987. The van der Waals surface area contributed by atoms with Crippen LogP contribution in [0.2, 0.25) is 0 Å². The average Bonchev–Trinajstić information content (AvgIpc) is 2.21. The first-order valence-electron chi connectivity index (χ1n) is 5.20. The van der Waals surface area contributed by atoms with Gasteiger partial charge in [-0.3, -0.25) is 4.79 Å². The zero-order valence-corrected chi connectivity index (χ0v) is 11.6. The van der Waals surface area contributed by atoms with E-state index in [1.807, 2.05) is 26.8 Å². The van der Waals surface area contributed by atoms with Crippen molar-refractivity contribution < 1.29 is 4.79 Å². The molecule has 1 atom stereocenters. The Morgan fingerprint density at radius 1 is 1.38 bits per heavy atom. The fraction of sp³-hybridized carbons (Fsp3) is 0.417. The molecule has 2 N–H and O–H groups in total. The van der Waals surface area contributed by atoms with Gasteiger partial charge >= 0.3 is 0 Å². The maximum atomic E-state index is 11.4. The van der Waals surface area contributed by atoms with Crippen molar-refractivity contribution in [3.8, 4) is 0 Å². The highest BCUT2D eigenvalue weighted by atomic mass is 79.9. The summed E-state index contributed by atoms with van der Waals surface area (Å²) in [5.74, 6) is -0.0214. The summed E-state index contributed by atoms with van der Waals surface area (Å²) in [6, 6.07) is 3.87. The molecule has 0 radical (unpaired) electrons. The molecule has 1 aromatic rings. The zero-order chi connectivity index (χ0) is 12.3. The first-order chi connectivity index (χ1) is 7.45. The van der Waals surface area contributed by atoms with Gasteiger partial charge in [-0.2, -0.15) is 0 Å². The van der Waals surface area contributed by atoms with E-state index >= 15 is 0 Å². The molecule has 0 aromatic heterocycles. The Balaban J connectivity index is 2.93. The molecule has 3 nitrogen and oxygen atoms in total. The van der Waals surface area contributed by atoms with Crippen LogP contribution in [-0.2, 0) is 4.79 Å². The van der Waals surface area contributed by atoms with Crippen molar-refractivity contribution in [2.45, 2.75) is 26.8 Å². The summed E-state index contributed by atoms with van der Waals surface area (Å²) in [4.78, 5) is 11.4. The largest absolute Gasteiger partial charge is 0.373 e. The number of nitrogens with one attached hydrogen (secondary N) is 2. The van der Waals surface area contributed by atoms with E-state index in [-0.39, 0.29) is 11.9 Å². The summed E-state index contributed by atoms with van der Waals surface area (Å²) >= 11 is 3.50. The van der Waals surface area contributed by atoms with Crippen molar-refractivity contribution >= 4 is 27.5 Å². The van der Waals surface area contributed by atoms with E-state index < -0.39 is 0 Å². The zero-order valence-electron chi connectivity index (χ0n) is 10.0. The number of aryl methyl sites for hydroxylation is 2. The molecule has 1 rings (SSSR count). The topological polar surface area (TPSA) is 41.1 Å². The van der Waals surface area contributed by atoms with E-state index in [1.165, 1.54) is 5.56 Å². The van der Waals surface area contributed by atoms with E-state index in [1.54, 1.807) is 7.05 Å². The van der Waals surface area contributed by atoms with Crippen molar-refractivity contribution in [3.05, 3.63) is 27.7 Å². The SMILES string of the molecule is CNC(=O)C(C)Nc1c(C)cc(C)cc1Br. The summed E-state index contributed by atoms with van der Waals surface area (Å²) in [5, 5.41) is 5.82. The van der Waals surface area contributed by atoms with Crippen LogP contribution in [0, 0.1) is 13.8 Å². The molecule has 4 heteroatoms. The lowest BCUT2D eigenvalue weighted by Crippen LogP contribution is -2.35. The molecule has 0 bridgehead atoms. The Hall–Kier alpha value is -1.03. The minimum atomic E-state index is -0.247. The molecule has 1 aromatic carbocycles. The Labute approximate surface area is 105 Å². The van der Waals surface area contributed by atoms with E-state index in [0.717, 1.165) is 15.7 Å². The average molecular weight is 285 g/mol. The van der Waals surface area contributed by atoms with Gasteiger partial charge < -0.3 is 10.6 Å². The highest BCUT2D eigenvalue weighted by molar-refractivity contribution is 9.10. The predicted molar refractivity (Wildman–Crippen MR) is 70.8 cm³/mol. The van der Waals surface area contributed by atoms with Gasteiger partial charge in [0.25, 0.3) is 0 Å². The van der Waals surface area contributed by atoms with Crippen molar-refractivity contribution in [2.24, 2.45) is 0 Å². The van der Waals surface area contributed by atoms with Crippen LogP contribution < -0.4 is 10.6 Å². The molecule has 0 aliphatic heterocycles. The predicted octanol–water partition coefficient (Wildman–Crippen LogP) is 2.61. The number of likely N-dealkylation sites (N-methyl/N-ethyl adjacent to an activating group) is 1. The van der Waals surface area contributed by atoms with Gasteiger partial charge in [0.2, 0.25) is 5.91 Å². The third-order valence-electron chi connectivity index (χ3n) is 2.43. The number of rotatable bonds is 3. The highest BCUT2D eigenvalue weighted by Crippen LogP contribution is 2.28. The Kier molecular flexibility index (Phi) is 4.35. The fourth-order valence-corrected chi connectivity index (χ4v) is 2.39. The van der Waals surface area contributed by atoms with Gasteiger partial charge in [-0.25, -0.2) is 0 Å². The smallest absolute Gasteiger partial charge is 0.241 e. The number of carbonyl (C=O) groups excluding carboxylic acids is 1. The second-order valence-corrected chi connectivity index (χ2v) is 4.77. The maximum Gasteiger partial charge on any atom is 0.241 e. The molecule has 0 spiro atoms. The lowest BCUT2D eigenvalue weighted by molar-refractivity contribution is -0.121. The van der Waals surface area contributed by atoms with Gasteiger partial charge in [-0.1, -0.05) is 6.07 Å². The van der Waals surface area contributed by atoms with Crippen LogP contribution >= 0.6 is 15.9 Å². The quantitative estimate of drug-likeness (QED) is 0.896. The third-order valence-corrected chi connectivity index (χ3v) is 3.06. The van der Waals surface area contributed by atoms with Crippen LogP contribution in [0.3, 0.4) is 0 Å². The molecule has 1 unspecified atom stereocenters. The van der Waals surface area contributed by atoms with Crippen molar-refractivity contribution in [3.63, 3.8) is 0 Å². The first kappa shape index (κ1) is 13.0. The number of benzene rings is 1. The molecule has 0 aliphatic rings. The molecular formula is C12H17BrN2O. The molecule has 16 heavy (non-hydrogen) atoms. The maximum absolute atomic E-state index is 11.4. The van der Waals surface area contributed by atoms with E-state index in [0.29, 0.717) is 0 Å². The number of carbonyl (C=O) groups is 1. The van der Waals surface area contributed by atoms with Gasteiger partial charge in [0.05, 0.1) is 5.69 Å².